The molecule has 0 bridgehead atoms. The molecule has 2 aromatic rings. The van der Waals surface area contributed by atoms with Crippen LogP contribution >= 0.6 is 0 Å². The molecule has 2 aromatic heterocycles. The standard InChI is InChI=1S/C12H17N7/c1-2-13-10-16-11(15-9-5-3-6-9)18-12(17-10)19-8-4-7-14-19/h4,7-9H,2-3,5-6H2,1H3,(H2,13,15,16,17,18). The number of hydrogen-bond acceptors (Lipinski definition) is 6. The fourth-order valence-electron chi connectivity index (χ4n) is 1.89. The van der Waals surface area contributed by atoms with Crippen molar-refractivity contribution in [1.82, 2.24) is 24.7 Å². The maximum absolute atomic E-state index is 4.41. The third-order valence-electron chi connectivity index (χ3n) is 3.11. The van der Waals surface area contributed by atoms with E-state index in [2.05, 4.69) is 30.7 Å². The maximum Gasteiger partial charge on any atom is 0.257 e. The molecular weight excluding hydrogens is 242 g/mol. The first-order valence-electron chi connectivity index (χ1n) is 6.61. The van der Waals surface area contributed by atoms with Crippen molar-refractivity contribution in [2.75, 3.05) is 17.2 Å². The summed E-state index contributed by atoms with van der Waals surface area (Å²) in [7, 11) is 0. The van der Waals surface area contributed by atoms with E-state index < -0.39 is 0 Å². The summed E-state index contributed by atoms with van der Waals surface area (Å²) in [6, 6.07) is 2.33. The van der Waals surface area contributed by atoms with Crippen molar-refractivity contribution >= 4 is 11.9 Å². The molecule has 0 atom stereocenters. The van der Waals surface area contributed by atoms with Crippen molar-refractivity contribution in [1.29, 1.82) is 0 Å². The van der Waals surface area contributed by atoms with Crippen molar-refractivity contribution in [3.05, 3.63) is 18.5 Å². The zero-order valence-corrected chi connectivity index (χ0v) is 10.9. The van der Waals surface area contributed by atoms with Crippen molar-refractivity contribution < 1.29 is 0 Å². The quantitative estimate of drug-likeness (QED) is 0.846. The van der Waals surface area contributed by atoms with Gasteiger partial charge in [-0.1, -0.05) is 0 Å². The predicted octanol–water partition coefficient (Wildman–Crippen LogP) is 1.45. The van der Waals surface area contributed by atoms with Crippen LogP contribution in [-0.2, 0) is 0 Å². The first-order valence-corrected chi connectivity index (χ1v) is 6.61. The molecule has 0 aromatic carbocycles. The molecule has 1 aliphatic rings. The van der Waals surface area contributed by atoms with Crippen LogP contribution in [0.15, 0.2) is 18.5 Å². The van der Waals surface area contributed by atoms with Gasteiger partial charge in [0.2, 0.25) is 11.9 Å². The minimum Gasteiger partial charge on any atom is -0.354 e. The number of nitrogens with one attached hydrogen (secondary N) is 2. The molecule has 2 heterocycles. The Labute approximate surface area is 111 Å². The molecule has 3 rings (SSSR count). The second-order valence-electron chi connectivity index (χ2n) is 4.54. The number of anilines is 2. The van der Waals surface area contributed by atoms with Crippen LogP contribution in [0, 0.1) is 0 Å². The summed E-state index contributed by atoms with van der Waals surface area (Å²) in [5.41, 5.74) is 0. The molecule has 0 amide bonds. The highest BCUT2D eigenvalue weighted by atomic mass is 15.4. The third-order valence-corrected chi connectivity index (χ3v) is 3.11. The molecule has 1 aliphatic carbocycles. The third kappa shape index (κ3) is 2.64. The van der Waals surface area contributed by atoms with Gasteiger partial charge >= 0.3 is 0 Å². The first-order chi connectivity index (χ1) is 9.35. The maximum atomic E-state index is 4.41. The van der Waals surface area contributed by atoms with E-state index in [9.17, 15) is 0 Å². The lowest BCUT2D eigenvalue weighted by Crippen LogP contribution is -2.28. The monoisotopic (exact) mass is 259 g/mol. The Bertz CT molecular complexity index is 533. The predicted molar refractivity (Wildman–Crippen MR) is 72.4 cm³/mol. The number of aromatic nitrogens is 5. The zero-order chi connectivity index (χ0) is 13.1. The second kappa shape index (κ2) is 5.21. The minimum absolute atomic E-state index is 0.488. The van der Waals surface area contributed by atoms with Crippen LogP contribution in [0.3, 0.4) is 0 Å². The van der Waals surface area contributed by atoms with Gasteiger partial charge in [-0.3, -0.25) is 0 Å². The highest BCUT2D eigenvalue weighted by molar-refractivity contribution is 5.38. The van der Waals surface area contributed by atoms with Crippen molar-refractivity contribution in [3.8, 4) is 5.95 Å². The normalized spacial score (nSPS) is 15.0. The Hall–Kier alpha value is -2.18. The van der Waals surface area contributed by atoms with Crippen molar-refractivity contribution in [2.45, 2.75) is 32.2 Å². The molecular formula is C12H17N7. The van der Waals surface area contributed by atoms with E-state index in [0.717, 1.165) is 6.54 Å². The Balaban J connectivity index is 1.89. The van der Waals surface area contributed by atoms with Crippen molar-refractivity contribution in [3.63, 3.8) is 0 Å². The molecule has 0 saturated heterocycles. The van der Waals surface area contributed by atoms with Gasteiger partial charge in [0.15, 0.2) is 0 Å². The van der Waals surface area contributed by atoms with Crippen LogP contribution in [-0.4, -0.2) is 37.3 Å². The average Bonchev–Trinajstić information content (AvgIpc) is 2.88. The lowest BCUT2D eigenvalue weighted by Gasteiger charge is -2.26. The molecule has 7 heteroatoms. The highest BCUT2D eigenvalue weighted by Gasteiger charge is 2.19. The largest absolute Gasteiger partial charge is 0.354 e. The molecule has 0 aliphatic heterocycles. The molecule has 19 heavy (non-hydrogen) atoms. The van der Waals surface area contributed by atoms with E-state index in [4.69, 9.17) is 0 Å². The molecule has 2 N–H and O–H groups in total. The minimum atomic E-state index is 0.488. The van der Waals surface area contributed by atoms with Crippen LogP contribution in [0.4, 0.5) is 11.9 Å². The van der Waals surface area contributed by atoms with Crippen LogP contribution in [0.25, 0.3) is 5.95 Å². The molecule has 0 spiro atoms. The van der Waals surface area contributed by atoms with E-state index >= 15 is 0 Å². The number of hydrogen-bond donors (Lipinski definition) is 2. The fraction of sp³-hybridized carbons (Fsp3) is 0.500. The second-order valence-corrected chi connectivity index (χ2v) is 4.54. The van der Waals surface area contributed by atoms with Crippen molar-refractivity contribution in [2.24, 2.45) is 0 Å². The van der Waals surface area contributed by atoms with Crippen LogP contribution in [0.2, 0.25) is 0 Å². The van der Waals surface area contributed by atoms with Gasteiger partial charge in [0.25, 0.3) is 5.95 Å². The van der Waals surface area contributed by atoms with E-state index in [1.807, 2.05) is 19.2 Å². The molecule has 1 saturated carbocycles. The Kier molecular flexibility index (Phi) is 3.26. The zero-order valence-electron chi connectivity index (χ0n) is 10.9. The summed E-state index contributed by atoms with van der Waals surface area (Å²) in [6.45, 7) is 2.78. The molecule has 100 valence electrons. The summed E-state index contributed by atoms with van der Waals surface area (Å²) in [5, 5.41) is 10.6. The highest BCUT2D eigenvalue weighted by Crippen LogP contribution is 2.22. The van der Waals surface area contributed by atoms with E-state index in [0.29, 0.717) is 23.9 Å². The lowest BCUT2D eigenvalue weighted by molar-refractivity contribution is 0.443. The number of rotatable bonds is 5. The fourth-order valence-corrected chi connectivity index (χ4v) is 1.89. The van der Waals surface area contributed by atoms with Gasteiger partial charge in [-0.2, -0.15) is 20.1 Å². The Morgan fingerprint density at radius 1 is 1.26 bits per heavy atom. The molecule has 1 fully saturated rings. The summed E-state index contributed by atoms with van der Waals surface area (Å²) in [5.74, 6) is 1.71. The Morgan fingerprint density at radius 3 is 2.74 bits per heavy atom. The molecule has 0 radical (unpaired) electrons. The van der Waals surface area contributed by atoms with Crippen LogP contribution in [0.5, 0.6) is 0 Å². The summed E-state index contributed by atoms with van der Waals surface area (Å²) >= 11 is 0. The topological polar surface area (TPSA) is 80.5 Å². The Morgan fingerprint density at radius 2 is 2.11 bits per heavy atom. The van der Waals surface area contributed by atoms with Gasteiger partial charge < -0.3 is 10.6 Å². The smallest absolute Gasteiger partial charge is 0.257 e. The SMILES string of the molecule is CCNc1nc(NC2CCC2)nc(-n2cccn2)n1. The van der Waals surface area contributed by atoms with E-state index in [1.54, 1.807) is 10.9 Å². The van der Waals surface area contributed by atoms with E-state index in [-0.39, 0.29) is 0 Å². The van der Waals surface area contributed by atoms with Gasteiger partial charge in [0.1, 0.15) is 0 Å². The van der Waals surface area contributed by atoms with Gasteiger partial charge in [-0.15, -0.1) is 0 Å². The van der Waals surface area contributed by atoms with Crippen LogP contribution in [0.1, 0.15) is 26.2 Å². The van der Waals surface area contributed by atoms with Gasteiger partial charge in [0.05, 0.1) is 0 Å². The lowest BCUT2D eigenvalue weighted by atomic mass is 9.93. The summed E-state index contributed by atoms with van der Waals surface area (Å²) in [6.07, 6.45) is 7.15. The van der Waals surface area contributed by atoms with Crippen LogP contribution < -0.4 is 10.6 Å². The summed E-state index contributed by atoms with van der Waals surface area (Å²) in [4.78, 5) is 13.1. The molecule has 0 unspecified atom stereocenters. The average molecular weight is 259 g/mol. The van der Waals surface area contributed by atoms with E-state index in [1.165, 1.54) is 19.3 Å². The van der Waals surface area contributed by atoms with Gasteiger partial charge in [-0.25, -0.2) is 4.68 Å². The molecule has 7 nitrogen and oxygen atoms in total. The number of nitrogens with zero attached hydrogens (tertiary/aromatic N) is 5. The van der Waals surface area contributed by atoms with Gasteiger partial charge in [-0.05, 0) is 32.3 Å². The summed E-state index contributed by atoms with van der Waals surface area (Å²) < 4.78 is 1.63. The first kappa shape index (κ1) is 11.9. The van der Waals surface area contributed by atoms with Gasteiger partial charge in [0, 0.05) is 25.0 Å².